The van der Waals surface area contributed by atoms with E-state index in [0.717, 1.165) is 28.1 Å². The first-order valence-electron chi connectivity index (χ1n) is 11.2. The summed E-state index contributed by atoms with van der Waals surface area (Å²) in [6.07, 6.45) is 0. The number of benzene rings is 3. The summed E-state index contributed by atoms with van der Waals surface area (Å²) in [6, 6.07) is 20.9. The van der Waals surface area contributed by atoms with Crippen molar-refractivity contribution in [2.75, 3.05) is 30.5 Å². The van der Waals surface area contributed by atoms with Crippen molar-refractivity contribution in [3.05, 3.63) is 83.4 Å². The minimum atomic E-state index is -0.226. The van der Waals surface area contributed by atoms with Gasteiger partial charge in [-0.25, -0.2) is 4.79 Å². The molecule has 4 rings (SSSR count). The molecule has 1 heterocycles. The lowest BCUT2D eigenvalue weighted by molar-refractivity contribution is -0.116. The number of nitrogens with zero attached hydrogens (tertiary/aromatic N) is 2. The zero-order valence-electron chi connectivity index (χ0n) is 19.7. The number of rotatable bonds is 5. The van der Waals surface area contributed by atoms with Crippen LogP contribution in [-0.2, 0) is 17.9 Å². The number of ether oxygens (including phenoxy) is 2. The number of amides is 3. The lowest BCUT2D eigenvalue weighted by atomic mass is 10.1. The van der Waals surface area contributed by atoms with E-state index in [1.54, 1.807) is 36.0 Å². The van der Waals surface area contributed by atoms with Gasteiger partial charge in [0.15, 0.2) is 0 Å². The fourth-order valence-electron chi connectivity index (χ4n) is 3.95. The summed E-state index contributed by atoms with van der Waals surface area (Å²) >= 11 is 0. The minimum absolute atomic E-state index is 0.0344. The van der Waals surface area contributed by atoms with E-state index in [0.29, 0.717) is 37.7 Å². The molecule has 1 aliphatic heterocycles. The highest BCUT2D eigenvalue weighted by Crippen LogP contribution is 2.28. The van der Waals surface area contributed by atoms with Gasteiger partial charge in [-0.15, -0.1) is 0 Å². The van der Waals surface area contributed by atoms with Gasteiger partial charge in [0, 0.05) is 18.2 Å². The molecule has 0 unspecified atom stereocenters. The van der Waals surface area contributed by atoms with Crippen molar-refractivity contribution in [2.45, 2.75) is 26.9 Å². The average Bonchev–Trinajstić information content (AvgIpc) is 3.05. The van der Waals surface area contributed by atoms with Crippen LogP contribution in [0.25, 0.3) is 0 Å². The van der Waals surface area contributed by atoms with E-state index in [1.165, 1.54) is 0 Å². The standard InChI is InChI=1S/C27H29N3O4/c1-19-8-11-23(12-9-19)30(20(2)31)17-21-10-13-25-22(16-21)18-29(14-15-34-25)27(32)28-24-6-4-5-7-26(24)33-3/h4-13,16H,14-15,17-18H2,1-3H3,(H,28,32). The molecule has 0 aliphatic carbocycles. The topological polar surface area (TPSA) is 71.1 Å². The number of carbonyl (C=O) groups is 2. The number of hydrogen-bond acceptors (Lipinski definition) is 4. The van der Waals surface area contributed by atoms with Gasteiger partial charge in [0.25, 0.3) is 0 Å². The van der Waals surface area contributed by atoms with E-state index in [-0.39, 0.29) is 11.9 Å². The van der Waals surface area contributed by atoms with Gasteiger partial charge in [0.1, 0.15) is 18.1 Å². The molecule has 0 saturated heterocycles. The predicted molar refractivity (Wildman–Crippen MR) is 132 cm³/mol. The fourth-order valence-corrected chi connectivity index (χ4v) is 3.95. The zero-order chi connectivity index (χ0) is 24.1. The molecule has 0 saturated carbocycles. The molecule has 0 atom stereocenters. The Balaban J connectivity index is 1.52. The van der Waals surface area contributed by atoms with E-state index in [1.807, 2.05) is 61.5 Å². The van der Waals surface area contributed by atoms with Crippen LogP contribution >= 0.6 is 0 Å². The highest BCUT2D eigenvalue weighted by molar-refractivity contribution is 5.92. The molecular weight excluding hydrogens is 430 g/mol. The number of carbonyl (C=O) groups excluding carboxylic acids is 2. The third-order valence-corrected chi connectivity index (χ3v) is 5.81. The first-order valence-corrected chi connectivity index (χ1v) is 11.2. The molecule has 1 aliphatic rings. The van der Waals surface area contributed by atoms with Crippen molar-refractivity contribution >= 4 is 23.3 Å². The second kappa shape index (κ2) is 10.3. The molecule has 0 radical (unpaired) electrons. The smallest absolute Gasteiger partial charge is 0.322 e. The molecule has 7 heteroatoms. The molecule has 3 aromatic rings. The Morgan fingerprint density at radius 2 is 1.85 bits per heavy atom. The predicted octanol–water partition coefficient (Wildman–Crippen LogP) is 4.98. The summed E-state index contributed by atoms with van der Waals surface area (Å²) < 4.78 is 11.2. The van der Waals surface area contributed by atoms with E-state index < -0.39 is 0 Å². The summed E-state index contributed by atoms with van der Waals surface area (Å²) in [5.41, 5.74) is 4.47. The summed E-state index contributed by atoms with van der Waals surface area (Å²) in [5.74, 6) is 1.32. The maximum atomic E-state index is 13.0. The van der Waals surface area contributed by atoms with Gasteiger partial charge in [0.2, 0.25) is 5.91 Å². The van der Waals surface area contributed by atoms with Crippen LogP contribution in [0.15, 0.2) is 66.7 Å². The number of aryl methyl sites for hydroxylation is 1. The van der Waals surface area contributed by atoms with Gasteiger partial charge < -0.3 is 24.6 Å². The molecular formula is C27H29N3O4. The quantitative estimate of drug-likeness (QED) is 0.584. The van der Waals surface area contributed by atoms with Gasteiger partial charge in [-0.3, -0.25) is 4.79 Å². The van der Waals surface area contributed by atoms with Crippen molar-refractivity contribution < 1.29 is 19.1 Å². The molecule has 176 valence electrons. The van der Waals surface area contributed by atoms with Crippen molar-refractivity contribution in [1.82, 2.24) is 4.90 Å². The Labute approximate surface area is 199 Å². The van der Waals surface area contributed by atoms with Crippen LogP contribution in [-0.4, -0.2) is 37.1 Å². The van der Waals surface area contributed by atoms with Crippen LogP contribution in [0.1, 0.15) is 23.6 Å². The molecule has 34 heavy (non-hydrogen) atoms. The van der Waals surface area contributed by atoms with Gasteiger partial charge in [0.05, 0.1) is 32.4 Å². The number of para-hydroxylation sites is 2. The largest absolute Gasteiger partial charge is 0.495 e. The van der Waals surface area contributed by atoms with Gasteiger partial charge in [-0.2, -0.15) is 0 Å². The SMILES string of the molecule is COc1ccccc1NC(=O)N1CCOc2ccc(CN(C(C)=O)c3ccc(C)cc3)cc2C1. The van der Waals surface area contributed by atoms with Crippen molar-refractivity contribution in [3.63, 3.8) is 0 Å². The highest BCUT2D eigenvalue weighted by Gasteiger charge is 2.22. The summed E-state index contributed by atoms with van der Waals surface area (Å²) in [7, 11) is 1.57. The third-order valence-electron chi connectivity index (χ3n) is 5.81. The number of urea groups is 1. The highest BCUT2D eigenvalue weighted by atomic mass is 16.5. The van der Waals surface area contributed by atoms with Gasteiger partial charge >= 0.3 is 6.03 Å². The molecule has 7 nitrogen and oxygen atoms in total. The molecule has 0 aromatic heterocycles. The number of hydrogen-bond donors (Lipinski definition) is 1. The Morgan fingerprint density at radius 3 is 2.59 bits per heavy atom. The van der Waals surface area contributed by atoms with Crippen LogP contribution in [0.3, 0.4) is 0 Å². The zero-order valence-corrected chi connectivity index (χ0v) is 19.7. The van der Waals surface area contributed by atoms with Crippen LogP contribution < -0.4 is 19.7 Å². The third kappa shape index (κ3) is 5.31. The summed E-state index contributed by atoms with van der Waals surface area (Å²) in [5, 5.41) is 2.93. The lowest BCUT2D eigenvalue weighted by Gasteiger charge is -2.23. The van der Waals surface area contributed by atoms with Crippen LogP contribution in [0.5, 0.6) is 11.5 Å². The number of methoxy groups -OCH3 is 1. The van der Waals surface area contributed by atoms with Crippen molar-refractivity contribution in [3.8, 4) is 11.5 Å². The fraction of sp³-hybridized carbons (Fsp3) is 0.259. The Morgan fingerprint density at radius 1 is 1.09 bits per heavy atom. The number of fused-ring (bicyclic) bond motifs is 1. The van der Waals surface area contributed by atoms with Gasteiger partial charge in [-0.1, -0.05) is 35.9 Å². The van der Waals surface area contributed by atoms with E-state index >= 15 is 0 Å². The number of anilines is 2. The maximum Gasteiger partial charge on any atom is 0.322 e. The van der Waals surface area contributed by atoms with E-state index in [9.17, 15) is 9.59 Å². The minimum Gasteiger partial charge on any atom is -0.495 e. The van der Waals surface area contributed by atoms with Crippen molar-refractivity contribution in [1.29, 1.82) is 0 Å². The molecule has 1 N–H and O–H groups in total. The lowest BCUT2D eigenvalue weighted by Crippen LogP contribution is -2.36. The van der Waals surface area contributed by atoms with E-state index in [4.69, 9.17) is 9.47 Å². The Bertz CT molecular complexity index is 1180. The van der Waals surface area contributed by atoms with Crippen LogP contribution in [0.4, 0.5) is 16.2 Å². The van der Waals surface area contributed by atoms with Crippen LogP contribution in [0.2, 0.25) is 0 Å². The number of nitrogens with one attached hydrogen (secondary N) is 1. The molecule has 3 aromatic carbocycles. The van der Waals surface area contributed by atoms with Crippen molar-refractivity contribution in [2.24, 2.45) is 0 Å². The summed E-state index contributed by atoms with van der Waals surface area (Å²) in [4.78, 5) is 28.8. The molecule has 0 bridgehead atoms. The monoisotopic (exact) mass is 459 g/mol. The maximum absolute atomic E-state index is 13.0. The molecule has 3 amide bonds. The Kier molecular flexibility index (Phi) is 7.01. The normalized spacial score (nSPS) is 12.7. The van der Waals surface area contributed by atoms with Gasteiger partial charge in [-0.05, 0) is 48.9 Å². The molecule has 0 fully saturated rings. The molecule has 0 spiro atoms. The first-order chi connectivity index (χ1) is 16.4. The second-order valence-corrected chi connectivity index (χ2v) is 8.28. The van der Waals surface area contributed by atoms with E-state index in [2.05, 4.69) is 5.32 Å². The average molecular weight is 460 g/mol. The summed E-state index contributed by atoms with van der Waals surface area (Å²) in [6.45, 7) is 5.26. The Hall–Kier alpha value is -4.00. The first kappa shape index (κ1) is 23.2. The van der Waals surface area contributed by atoms with Crippen LogP contribution in [0, 0.1) is 6.92 Å². The second-order valence-electron chi connectivity index (χ2n) is 8.28.